The average molecular weight is 319 g/mol. The first-order chi connectivity index (χ1) is 11.0. The molecule has 5 fully saturated rings. The Morgan fingerprint density at radius 1 is 0.913 bits per heavy atom. The predicted octanol–water partition coefficient (Wildman–Crippen LogP) is 3.21. The average Bonchev–Trinajstić information content (AvgIpc) is 2.51. The van der Waals surface area contributed by atoms with Gasteiger partial charge in [0.25, 0.3) is 0 Å². The molecule has 0 aromatic carbocycles. The van der Waals surface area contributed by atoms with E-state index in [4.69, 9.17) is 0 Å². The van der Waals surface area contributed by atoms with Crippen LogP contribution in [-0.2, 0) is 9.59 Å². The number of nitrogens with one attached hydrogen (secondary N) is 1. The SMILES string of the molecule is O=C(O)[C@H]1CCCC[C@@H]1C(=O)NCC12CC3CC(CC(C3)C1)C2. The van der Waals surface area contributed by atoms with Gasteiger partial charge in [0.05, 0.1) is 11.8 Å². The maximum absolute atomic E-state index is 12.6. The summed E-state index contributed by atoms with van der Waals surface area (Å²) < 4.78 is 0. The van der Waals surface area contributed by atoms with Crippen LogP contribution in [0.3, 0.4) is 0 Å². The van der Waals surface area contributed by atoms with Gasteiger partial charge in [0.1, 0.15) is 0 Å². The van der Waals surface area contributed by atoms with Gasteiger partial charge in [0.2, 0.25) is 5.91 Å². The molecule has 4 nitrogen and oxygen atoms in total. The Labute approximate surface area is 138 Å². The van der Waals surface area contributed by atoms with Crippen molar-refractivity contribution >= 4 is 11.9 Å². The van der Waals surface area contributed by atoms with E-state index in [0.29, 0.717) is 11.8 Å². The number of hydrogen-bond donors (Lipinski definition) is 2. The summed E-state index contributed by atoms with van der Waals surface area (Å²) >= 11 is 0. The smallest absolute Gasteiger partial charge is 0.307 e. The molecule has 128 valence electrons. The van der Waals surface area contributed by atoms with Crippen molar-refractivity contribution in [3.05, 3.63) is 0 Å². The number of amides is 1. The van der Waals surface area contributed by atoms with E-state index in [1.807, 2.05) is 0 Å². The second kappa shape index (κ2) is 5.78. The number of rotatable bonds is 4. The first-order valence-corrected chi connectivity index (χ1v) is 9.55. The van der Waals surface area contributed by atoms with Gasteiger partial charge in [0, 0.05) is 6.54 Å². The Kier molecular flexibility index (Phi) is 3.89. The van der Waals surface area contributed by atoms with E-state index in [9.17, 15) is 14.7 Å². The van der Waals surface area contributed by atoms with E-state index in [1.54, 1.807) is 0 Å². The van der Waals surface area contributed by atoms with Crippen LogP contribution in [0.4, 0.5) is 0 Å². The molecular weight excluding hydrogens is 290 g/mol. The normalized spacial score (nSPS) is 45.0. The van der Waals surface area contributed by atoms with Crippen LogP contribution < -0.4 is 5.32 Å². The van der Waals surface area contributed by atoms with E-state index < -0.39 is 11.9 Å². The van der Waals surface area contributed by atoms with Crippen molar-refractivity contribution in [3.63, 3.8) is 0 Å². The molecule has 0 aliphatic heterocycles. The second-order valence-corrected chi connectivity index (χ2v) is 8.97. The highest BCUT2D eigenvalue weighted by Gasteiger charge is 2.51. The Balaban J connectivity index is 1.38. The fraction of sp³-hybridized carbons (Fsp3) is 0.895. The molecule has 0 spiro atoms. The van der Waals surface area contributed by atoms with E-state index in [-0.39, 0.29) is 11.8 Å². The van der Waals surface area contributed by atoms with Crippen LogP contribution >= 0.6 is 0 Å². The molecule has 0 aromatic rings. The molecule has 0 radical (unpaired) electrons. The van der Waals surface area contributed by atoms with Crippen LogP contribution in [0.25, 0.3) is 0 Å². The molecule has 5 aliphatic rings. The Hall–Kier alpha value is -1.06. The lowest BCUT2D eigenvalue weighted by Gasteiger charge is -2.57. The van der Waals surface area contributed by atoms with Crippen LogP contribution in [0.15, 0.2) is 0 Å². The summed E-state index contributed by atoms with van der Waals surface area (Å²) in [7, 11) is 0. The Morgan fingerprint density at radius 2 is 1.43 bits per heavy atom. The minimum absolute atomic E-state index is 0.00726. The highest BCUT2D eigenvalue weighted by Crippen LogP contribution is 2.59. The number of hydrogen-bond acceptors (Lipinski definition) is 2. The van der Waals surface area contributed by atoms with E-state index >= 15 is 0 Å². The van der Waals surface area contributed by atoms with Crippen molar-refractivity contribution in [2.24, 2.45) is 35.0 Å². The molecule has 23 heavy (non-hydrogen) atoms. The minimum atomic E-state index is -0.792. The summed E-state index contributed by atoms with van der Waals surface area (Å²) in [5.41, 5.74) is 0.331. The molecule has 0 aromatic heterocycles. The van der Waals surface area contributed by atoms with Gasteiger partial charge in [-0.05, 0) is 74.5 Å². The van der Waals surface area contributed by atoms with Crippen molar-refractivity contribution in [2.45, 2.75) is 64.2 Å². The zero-order valence-corrected chi connectivity index (χ0v) is 13.9. The monoisotopic (exact) mass is 319 g/mol. The quantitative estimate of drug-likeness (QED) is 0.836. The third-order valence-corrected chi connectivity index (χ3v) is 7.22. The summed E-state index contributed by atoms with van der Waals surface area (Å²) in [6.45, 7) is 0.790. The minimum Gasteiger partial charge on any atom is -0.481 e. The molecule has 0 saturated heterocycles. The Morgan fingerprint density at radius 3 is 1.96 bits per heavy atom. The van der Waals surface area contributed by atoms with Gasteiger partial charge in [-0.15, -0.1) is 0 Å². The third kappa shape index (κ3) is 2.89. The maximum atomic E-state index is 12.6. The fourth-order valence-corrected chi connectivity index (χ4v) is 6.65. The molecule has 4 bridgehead atoms. The van der Waals surface area contributed by atoms with Crippen LogP contribution in [0.5, 0.6) is 0 Å². The summed E-state index contributed by atoms with van der Waals surface area (Å²) in [5.74, 6) is 1.10. The van der Waals surface area contributed by atoms with Crippen molar-refractivity contribution in [1.29, 1.82) is 0 Å². The van der Waals surface area contributed by atoms with Gasteiger partial charge < -0.3 is 10.4 Å². The van der Waals surface area contributed by atoms with Crippen LogP contribution in [0, 0.1) is 35.0 Å². The topological polar surface area (TPSA) is 66.4 Å². The molecule has 1 amide bonds. The Bertz CT molecular complexity index is 466. The lowest BCUT2D eigenvalue weighted by atomic mass is 9.49. The lowest BCUT2D eigenvalue weighted by molar-refractivity contribution is -0.149. The van der Waals surface area contributed by atoms with Crippen molar-refractivity contribution < 1.29 is 14.7 Å². The number of carbonyl (C=O) groups excluding carboxylic acids is 1. The summed E-state index contributed by atoms with van der Waals surface area (Å²) in [6, 6.07) is 0. The predicted molar refractivity (Wildman–Crippen MR) is 86.7 cm³/mol. The molecule has 5 saturated carbocycles. The van der Waals surface area contributed by atoms with E-state index in [0.717, 1.165) is 43.6 Å². The lowest BCUT2D eigenvalue weighted by Crippen LogP contribution is -2.52. The van der Waals surface area contributed by atoms with E-state index in [1.165, 1.54) is 38.5 Å². The highest BCUT2D eigenvalue weighted by atomic mass is 16.4. The van der Waals surface area contributed by atoms with Crippen molar-refractivity contribution in [2.75, 3.05) is 6.54 Å². The molecule has 2 N–H and O–H groups in total. The molecule has 0 heterocycles. The number of carbonyl (C=O) groups is 2. The van der Waals surface area contributed by atoms with Gasteiger partial charge in [0.15, 0.2) is 0 Å². The summed E-state index contributed by atoms with van der Waals surface area (Å²) in [4.78, 5) is 24.0. The van der Waals surface area contributed by atoms with Gasteiger partial charge >= 0.3 is 5.97 Å². The van der Waals surface area contributed by atoms with Gasteiger partial charge in [-0.2, -0.15) is 0 Å². The van der Waals surface area contributed by atoms with Gasteiger partial charge in [-0.1, -0.05) is 12.8 Å². The summed E-state index contributed by atoms with van der Waals surface area (Å²) in [6.07, 6.45) is 11.4. The standard InChI is InChI=1S/C19H29NO3/c21-17(15-3-1-2-4-16(15)18(22)23)20-11-19-8-12-5-13(9-19)7-14(6-12)10-19/h12-16H,1-11H2,(H,20,21)(H,22,23)/t12?,13?,14?,15-,16-,19?/m0/s1. The highest BCUT2D eigenvalue weighted by molar-refractivity contribution is 5.84. The zero-order valence-electron chi connectivity index (χ0n) is 13.9. The first kappa shape index (κ1) is 15.5. The number of carboxylic acids is 1. The van der Waals surface area contributed by atoms with Crippen LogP contribution in [-0.4, -0.2) is 23.5 Å². The molecule has 5 rings (SSSR count). The molecule has 2 atom stereocenters. The second-order valence-electron chi connectivity index (χ2n) is 8.97. The number of aliphatic carboxylic acids is 1. The zero-order chi connectivity index (χ0) is 16.0. The molecule has 0 unspecified atom stereocenters. The van der Waals surface area contributed by atoms with Gasteiger partial charge in [-0.25, -0.2) is 0 Å². The van der Waals surface area contributed by atoms with Crippen molar-refractivity contribution in [3.8, 4) is 0 Å². The summed E-state index contributed by atoms with van der Waals surface area (Å²) in [5, 5.41) is 12.6. The fourth-order valence-electron chi connectivity index (χ4n) is 6.65. The molecule has 5 aliphatic carbocycles. The van der Waals surface area contributed by atoms with Crippen LogP contribution in [0.2, 0.25) is 0 Å². The van der Waals surface area contributed by atoms with Gasteiger partial charge in [-0.3, -0.25) is 9.59 Å². The largest absolute Gasteiger partial charge is 0.481 e. The first-order valence-electron chi connectivity index (χ1n) is 9.55. The number of carboxylic acid groups (broad SMARTS) is 1. The maximum Gasteiger partial charge on any atom is 0.307 e. The third-order valence-electron chi connectivity index (χ3n) is 7.22. The molecular formula is C19H29NO3. The van der Waals surface area contributed by atoms with Crippen LogP contribution in [0.1, 0.15) is 64.2 Å². The molecule has 4 heteroatoms. The van der Waals surface area contributed by atoms with E-state index in [2.05, 4.69) is 5.32 Å². The van der Waals surface area contributed by atoms with Crippen molar-refractivity contribution in [1.82, 2.24) is 5.32 Å².